The van der Waals surface area contributed by atoms with E-state index in [0.717, 1.165) is 5.56 Å². The van der Waals surface area contributed by atoms with Crippen molar-refractivity contribution in [2.45, 2.75) is 26.4 Å². The molecule has 0 aliphatic heterocycles. The summed E-state index contributed by atoms with van der Waals surface area (Å²) in [6.07, 6.45) is 0. The quantitative estimate of drug-likeness (QED) is 0.882. The highest BCUT2D eigenvalue weighted by Crippen LogP contribution is 2.16. The molecule has 0 aromatic heterocycles. The minimum atomic E-state index is -1.05. The SMILES string of the molecule is Cc1cccc([C@@H](C)NCc2cc(C(=O)O)ccc2F)c1. The van der Waals surface area contributed by atoms with Crippen molar-refractivity contribution < 1.29 is 14.3 Å². The summed E-state index contributed by atoms with van der Waals surface area (Å²) in [5.74, 6) is -1.45. The lowest BCUT2D eigenvalue weighted by molar-refractivity contribution is 0.0696. The highest BCUT2D eigenvalue weighted by molar-refractivity contribution is 5.87. The van der Waals surface area contributed by atoms with Gasteiger partial charge in [0.1, 0.15) is 5.82 Å². The van der Waals surface area contributed by atoms with Gasteiger partial charge in [0, 0.05) is 18.2 Å². The molecule has 0 heterocycles. The molecule has 0 radical (unpaired) electrons. The van der Waals surface area contributed by atoms with Gasteiger partial charge in [-0.3, -0.25) is 0 Å². The van der Waals surface area contributed by atoms with Gasteiger partial charge in [-0.2, -0.15) is 0 Å². The van der Waals surface area contributed by atoms with Gasteiger partial charge < -0.3 is 10.4 Å². The maximum atomic E-state index is 13.7. The van der Waals surface area contributed by atoms with Crippen molar-refractivity contribution in [1.29, 1.82) is 0 Å². The molecule has 4 heteroatoms. The van der Waals surface area contributed by atoms with Crippen LogP contribution in [0, 0.1) is 12.7 Å². The Bertz CT molecular complexity index is 655. The van der Waals surface area contributed by atoms with E-state index in [1.165, 1.54) is 23.8 Å². The smallest absolute Gasteiger partial charge is 0.335 e. The van der Waals surface area contributed by atoms with Gasteiger partial charge >= 0.3 is 5.97 Å². The minimum absolute atomic E-state index is 0.0535. The summed E-state index contributed by atoms with van der Waals surface area (Å²) < 4.78 is 13.7. The molecule has 2 N–H and O–H groups in total. The van der Waals surface area contributed by atoms with Crippen LogP contribution in [-0.4, -0.2) is 11.1 Å². The summed E-state index contributed by atoms with van der Waals surface area (Å²) in [5.41, 5.74) is 2.73. The monoisotopic (exact) mass is 287 g/mol. The molecule has 0 spiro atoms. The molecule has 0 aliphatic carbocycles. The molecule has 0 saturated carbocycles. The molecule has 0 fully saturated rings. The maximum absolute atomic E-state index is 13.7. The largest absolute Gasteiger partial charge is 0.478 e. The van der Waals surface area contributed by atoms with Gasteiger partial charge in [-0.05, 0) is 37.6 Å². The number of carboxylic acids is 1. The molecule has 0 bridgehead atoms. The van der Waals surface area contributed by atoms with Gasteiger partial charge in [0.05, 0.1) is 5.56 Å². The Morgan fingerprint density at radius 1 is 1.29 bits per heavy atom. The molecule has 0 saturated heterocycles. The molecule has 0 unspecified atom stereocenters. The van der Waals surface area contributed by atoms with Gasteiger partial charge in [0.2, 0.25) is 0 Å². The number of hydrogen-bond acceptors (Lipinski definition) is 2. The molecule has 21 heavy (non-hydrogen) atoms. The van der Waals surface area contributed by atoms with E-state index in [1.807, 2.05) is 32.0 Å². The molecular formula is C17H18FNO2. The molecule has 2 rings (SSSR count). The van der Waals surface area contributed by atoms with E-state index in [1.54, 1.807) is 0 Å². The fourth-order valence-electron chi connectivity index (χ4n) is 2.16. The fourth-order valence-corrected chi connectivity index (χ4v) is 2.16. The first-order valence-corrected chi connectivity index (χ1v) is 6.79. The van der Waals surface area contributed by atoms with Crippen molar-refractivity contribution in [3.8, 4) is 0 Å². The molecule has 0 aliphatic rings. The third kappa shape index (κ3) is 3.89. The second-order valence-electron chi connectivity index (χ2n) is 5.13. The van der Waals surface area contributed by atoms with E-state index in [2.05, 4.69) is 11.4 Å². The predicted octanol–water partition coefficient (Wildman–Crippen LogP) is 3.68. The number of carboxylic acid groups (broad SMARTS) is 1. The van der Waals surface area contributed by atoms with Crippen LogP contribution in [0.2, 0.25) is 0 Å². The zero-order valence-corrected chi connectivity index (χ0v) is 12.1. The summed E-state index contributed by atoms with van der Waals surface area (Å²) in [6, 6.07) is 12.0. The van der Waals surface area contributed by atoms with E-state index in [0.29, 0.717) is 5.56 Å². The van der Waals surface area contributed by atoms with E-state index in [-0.39, 0.29) is 18.2 Å². The minimum Gasteiger partial charge on any atom is -0.478 e. The Morgan fingerprint density at radius 2 is 2.05 bits per heavy atom. The van der Waals surface area contributed by atoms with Crippen LogP contribution in [0.3, 0.4) is 0 Å². The third-order valence-electron chi connectivity index (χ3n) is 3.43. The van der Waals surface area contributed by atoms with E-state index >= 15 is 0 Å². The topological polar surface area (TPSA) is 49.3 Å². The second kappa shape index (κ2) is 6.50. The number of rotatable bonds is 5. The number of halogens is 1. The first-order chi connectivity index (χ1) is 9.97. The van der Waals surface area contributed by atoms with Crippen LogP contribution in [0.4, 0.5) is 4.39 Å². The van der Waals surface area contributed by atoms with Crippen LogP contribution in [0.25, 0.3) is 0 Å². The van der Waals surface area contributed by atoms with Crippen molar-refractivity contribution in [2.75, 3.05) is 0 Å². The standard InChI is InChI=1S/C17H18FNO2/c1-11-4-3-5-13(8-11)12(2)19-10-15-9-14(17(20)21)6-7-16(15)18/h3-9,12,19H,10H2,1-2H3,(H,20,21)/t12-/m1/s1. The fraction of sp³-hybridized carbons (Fsp3) is 0.235. The van der Waals surface area contributed by atoms with E-state index < -0.39 is 11.8 Å². The molecule has 2 aromatic carbocycles. The zero-order chi connectivity index (χ0) is 15.4. The summed E-state index contributed by atoms with van der Waals surface area (Å²) in [4.78, 5) is 10.9. The first kappa shape index (κ1) is 15.2. The highest BCUT2D eigenvalue weighted by Gasteiger charge is 2.10. The summed E-state index contributed by atoms with van der Waals surface area (Å²) in [6.45, 7) is 4.29. The highest BCUT2D eigenvalue weighted by atomic mass is 19.1. The van der Waals surface area contributed by atoms with Gasteiger partial charge in [-0.25, -0.2) is 9.18 Å². The Labute approximate surface area is 123 Å². The lowest BCUT2D eigenvalue weighted by Gasteiger charge is -2.15. The second-order valence-corrected chi connectivity index (χ2v) is 5.13. The van der Waals surface area contributed by atoms with Crippen LogP contribution in [0.15, 0.2) is 42.5 Å². The Balaban J connectivity index is 2.09. The average Bonchev–Trinajstić information content (AvgIpc) is 2.45. The van der Waals surface area contributed by atoms with Crippen LogP contribution >= 0.6 is 0 Å². The molecule has 110 valence electrons. The van der Waals surface area contributed by atoms with Gasteiger partial charge in [-0.1, -0.05) is 29.8 Å². The lowest BCUT2D eigenvalue weighted by atomic mass is 10.0. The van der Waals surface area contributed by atoms with Crippen molar-refractivity contribution in [2.24, 2.45) is 0 Å². The van der Waals surface area contributed by atoms with E-state index in [9.17, 15) is 9.18 Å². The normalized spacial score (nSPS) is 12.1. The zero-order valence-electron chi connectivity index (χ0n) is 12.1. The predicted molar refractivity (Wildman–Crippen MR) is 79.8 cm³/mol. The Hall–Kier alpha value is -2.20. The van der Waals surface area contributed by atoms with Crippen LogP contribution < -0.4 is 5.32 Å². The van der Waals surface area contributed by atoms with Crippen molar-refractivity contribution in [3.63, 3.8) is 0 Å². The average molecular weight is 287 g/mol. The van der Waals surface area contributed by atoms with Gasteiger partial charge in [0.25, 0.3) is 0 Å². The number of aryl methyl sites for hydroxylation is 1. The molecular weight excluding hydrogens is 269 g/mol. The van der Waals surface area contributed by atoms with E-state index in [4.69, 9.17) is 5.11 Å². The summed E-state index contributed by atoms with van der Waals surface area (Å²) >= 11 is 0. The van der Waals surface area contributed by atoms with Gasteiger partial charge in [0.15, 0.2) is 0 Å². The number of aromatic carboxylic acids is 1. The van der Waals surface area contributed by atoms with Crippen LogP contribution in [-0.2, 0) is 6.54 Å². The molecule has 0 amide bonds. The summed E-state index contributed by atoms with van der Waals surface area (Å²) in [7, 11) is 0. The number of carbonyl (C=O) groups is 1. The molecule has 2 aromatic rings. The van der Waals surface area contributed by atoms with Crippen molar-refractivity contribution in [1.82, 2.24) is 5.32 Å². The maximum Gasteiger partial charge on any atom is 0.335 e. The molecule has 3 nitrogen and oxygen atoms in total. The number of benzene rings is 2. The van der Waals surface area contributed by atoms with Crippen molar-refractivity contribution in [3.05, 3.63) is 70.5 Å². The summed E-state index contributed by atoms with van der Waals surface area (Å²) in [5, 5.41) is 12.2. The van der Waals surface area contributed by atoms with Crippen molar-refractivity contribution >= 4 is 5.97 Å². The first-order valence-electron chi connectivity index (χ1n) is 6.79. The Kier molecular flexibility index (Phi) is 4.70. The van der Waals surface area contributed by atoms with Crippen LogP contribution in [0.1, 0.15) is 40.0 Å². The number of hydrogen-bond donors (Lipinski definition) is 2. The third-order valence-corrected chi connectivity index (χ3v) is 3.43. The lowest BCUT2D eigenvalue weighted by Crippen LogP contribution is -2.19. The van der Waals surface area contributed by atoms with Gasteiger partial charge in [-0.15, -0.1) is 0 Å². The molecule has 1 atom stereocenters. The number of nitrogens with one attached hydrogen (secondary N) is 1. The van der Waals surface area contributed by atoms with Crippen LogP contribution in [0.5, 0.6) is 0 Å². The Morgan fingerprint density at radius 3 is 2.71 bits per heavy atom.